The lowest BCUT2D eigenvalue weighted by molar-refractivity contribution is -0.147. The summed E-state index contributed by atoms with van der Waals surface area (Å²) in [7, 11) is 1.39. The maximum absolute atomic E-state index is 11.4. The second-order valence-corrected chi connectivity index (χ2v) is 3.84. The van der Waals surface area contributed by atoms with Crippen molar-refractivity contribution in [1.82, 2.24) is 10.4 Å². The molecule has 1 aliphatic rings. The summed E-state index contributed by atoms with van der Waals surface area (Å²) in [6.07, 6.45) is 2.80. The van der Waals surface area contributed by atoms with Gasteiger partial charge in [-0.2, -0.15) is 0 Å². The molecule has 1 fully saturated rings. The van der Waals surface area contributed by atoms with E-state index in [4.69, 9.17) is 11.8 Å². The summed E-state index contributed by atoms with van der Waals surface area (Å²) in [5, 5.41) is 0. The molecule has 0 radical (unpaired) electrons. The molecule has 0 aromatic carbocycles. The average molecular weight is 235 g/mol. The molecule has 15 heavy (non-hydrogen) atoms. The summed E-state index contributed by atoms with van der Waals surface area (Å²) in [6, 6.07) is 0. The monoisotopic (exact) mass is 234 g/mol. The lowest BCUT2D eigenvalue weighted by atomic mass is 9.82. The van der Waals surface area contributed by atoms with Crippen LogP contribution in [0.25, 0.3) is 0 Å². The SMILES string of the molecule is COC(=O)C1CCC(C(=O)NNCl)CC1. The largest absolute Gasteiger partial charge is 0.469 e. The first-order valence-electron chi connectivity index (χ1n) is 4.92. The second kappa shape index (κ2) is 5.92. The van der Waals surface area contributed by atoms with Crippen LogP contribution in [0.15, 0.2) is 0 Å². The standard InChI is InChI=1S/C9H15ClN2O3/c1-15-9(14)7-4-2-6(3-5-7)8(13)11-12-10/h6-7,12H,2-5H2,1H3,(H,11,13). The summed E-state index contributed by atoms with van der Waals surface area (Å²) in [6.45, 7) is 0. The topological polar surface area (TPSA) is 67.4 Å². The van der Waals surface area contributed by atoms with Gasteiger partial charge in [0, 0.05) is 5.92 Å². The second-order valence-electron chi connectivity index (χ2n) is 3.66. The minimum absolute atomic E-state index is 0.0528. The number of methoxy groups -OCH3 is 1. The molecule has 1 aliphatic carbocycles. The van der Waals surface area contributed by atoms with Gasteiger partial charge in [0.15, 0.2) is 0 Å². The summed E-state index contributed by atoms with van der Waals surface area (Å²) in [4.78, 5) is 24.7. The van der Waals surface area contributed by atoms with Gasteiger partial charge in [-0.15, -0.1) is 4.94 Å². The number of rotatable bonds is 3. The molecule has 2 N–H and O–H groups in total. The first kappa shape index (κ1) is 12.3. The van der Waals surface area contributed by atoms with Gasteiger partial charge in [-0.25, -0.2) is 0 Å². The van der Waals surface area contributed by atoms with Crippen LogP contribution in [0.2, 0.25) is 0 Å². The van der Waals surface area contributed by atoms with Gasteiger partial charge in [0.2, 0.25) is 5.91 Å². The van der Waals surface area contributed by atoms with Crippen LogP contribution in [0.3, 0.4) is 0 Å². The Bertz CT molecular complexity index is 240. The zero-order chi connectivity index (χ0) is 11.3. The van der Waals surface area contributed by atoms with E-state index in [0.717, 1.165) is 0 Å². The maximum Gasteiger partial charge on any atom is 0.308 e. The van der Waals surface area contributed by atoms with E-state index in [1.165, 1.54) is 7.11 Å². The molecule has 6 heteroatoms. The van der Waals surface area contributed by atoms with Crippen molar-refractivity contribution in [2.75, 3.05) is 7.11 Å². The zero-order valence-corrected chi connectivity index (χ0v) is 9.34. The van der Waals surface area contributed by atoms with Crippen molar-refractivity contribution < 1.29 is 14.3 Å². The van der Waals surface area contributed by atoms with Crippen LogP contribution in [-0.4, -0.2) is 19.0 Å². The number of ether oxygens (including phenoxy) is 1. The molecule has 86 valence electrons. The number of halogens is 1. The molecule has 1 amide bonds. The van der Waals surface area contributed by atoms with Gasteiger partial charge in [-0.3, -0.25) is 15.0 Å². The first-order chi connectivity index (χ1) is 7.19. The van der Waals surface area contributed by atoms with E-state index in [1.54, 1.807) is 0 Å². The van der Waals surface area contributed by atoms with Gasteiger partial charge in [-0.1, -0.05) is 0 Å². The molecular formula is C9H15ClN2O3. The minimum atomic E-state index is -0.177. The number of hydrogen-bond donors (Lipinski definition) is 2. The number of nitrogens with one attached hydrogen (secondary N) is 2. The molecule has 1 saturated carbocycles. The van der Waals surface area contributed by atoms with E-state index in [-0.39, 0.29) is 23.7 Å². The number of amides is 1. The van der Waals surface area contributed by atoms with Crippen LogP contribution >= 0.6 is 11.8 Å². The van der Waals surface area contributed by atoms with E-state index in [0.29, 0.717) is 25.7 Å². The summed E-state index contributed by atoms with van der Waals surface area (Å²) < 4.78 is 4.66. The van der Waals surface area contributed by atoms with Gasteiger partial charge in [-0.05, 0) is 37.5 Å². The maximum atomic E-state index is 11.4. The molecule has 0 unspecified atom stereocenters. The fourth-order valence-corrected chi connectivity index (χ4v) is 2.00. The number of hydrazine groups is 1. The highest BCUT2D eigenvalue weighted by Crippen LogP contribution is 2.29. The Morgan fingerprint density at radius 2 is 1.73 bits per heavy atom. The fraction of sp³-hybridized carbons (Fsp3) is 0.778. The number of carbonyl (C=O) groups excluding carboxylic acids is 2. The quantitative estimate of drug-likeness (QED) is 0.430. The molecule has 0 spiro atoms. The molecule has 1 rings (SSSR count). The van der Waals surface area contributed by atoms with Crippen LogP contribution in [0.4, 0.5) is 0 Å². The highest BCUT2D eigenvalue weighted by Gasteiger charge is 2.30. The summed E-state index contributed by atoms with van der Waals surface area (Å²) in [5.41, 5.74) is 2.33. The Morgan fingerprint density at radius 1 is 1.20 bits per heavy atom. The van der Waals surface area contributed by atoms with Crippen molar-refractivity contribution in [1.29, 1.82) is 0 Å². The highest BCUT2D eigenvalue weighted by atomic mass is 35.5. The Hall–Kier alpha value is -0.810. The van der Waals surface area contributed by atoms with Crippen LogP contribution in [0.5, 0.6) is 0 Å². The number of esters is 1. The molecule has 0 heterocycles. The van der Waals surface area contributed by atoms with Crippen molar-refractivity contribution >= 4 is 23.7 Å². The van der Waals surface area contributed by atoms with E-state index in [2.05, 4.69) is 15.1 Å². The Morgan fingerprint density at radius 3 is 2.20 bits per heavy atom. The van der Waals surface area contributed by atoms with Gasteiger partial charge in [0.1, 0.15) is 0 Å². The lowest BCUT2D eigenvalue weighted by Crippen LogP contribution is -2.38. The predicted octanol–water partition coefficient (Wildman–Crippen LogP) is 0.740. The zero-order valence-electron chi connectivity index (χ0n) is 8.59. The normalized spacial score (nSPS) is 25.7. The molecule has 5 nitrogen and oxygen atoms in total. The van der Waals surface area contributed by atoms with Gasteiger partial charge in [0.05, 0.1) is 13.0 Å². The first-order valence-corrected chi connectivity index (χ1v) is 5.30. The number of carbonyl (C=O) groups is 2. The third-order valence-electron chi connectivity index (χ3n) is 2.80. The third kappa shape index (κ3) is 3.35. The molecule has 0 atom stereocenters. The van der Waals surface area contributed by atoms with Gasteiger partial charge >= 0.3 is 5.97 Å². The van der Waals surface area contributed by atoms with Crippen molar-refractivity contribution in [2.45, 2.75) is 25.7 Å². The predicted molar refractivity (Wildman–Crippen MR) is 54.6 cm³/mol. The lowest BCUT2D eigenvalue weighted by Gasteiger charge is -2.25. The Kier molecular flexibility index (Phi) is 4.84. The van der Waals surface area contributed by atoms with Crippen LogP contribution in [-0.2, 0) is 14.3 Å². The van der Waals surface area contributed by atoms with Crippen molar-refractivity contribution in [2.24, 2.45) is 11.8 Å². The van der Waals surface area contributed by atoms with Crippen LogP contribution in [0.1, 0.15) is 25.7 Å². The Balaban J connectivity index is 2.35. The summed E-state index contributed by atoms with van der Waals surface area (Å²) in [5.74, 6) is -0.405. The number of hydrogen-bond acceptors (Lipinski definition) is 4. The highest BCUT2D eigenvalue weighted by molar-refractivity contribution is 6.13. The van der Waals surface area contributed by atoms with Crippen molar-refractivity contribution in [3.8, 4) is 0 Å². The van der Waals surface area contributed by atoms with Crippen molar-refractivity contribution in [3.05, 3.63) is 0 Å². The smallest absolute Gasteiger partial charge is 0.308 e. The molecule has 0 aliphatic heterocycles. The van der Waals surface area contributed by atoms with E-state index < -0.39 is 0 Å². The molecular weight excluding hydrogens is 220 g/mol. The van der Waals surface area contributed by atoms with E-state index in [1.807, 2.05) is 0 Å². The minimum Gasteiger partial charge on any atom is -0.469 e. The van der Waals surface area contributed by atoms with Gasteiger partial charge in [0.25, 0.3) is 0 Å². The van der Waals surface area contributed by atoms with E-state index >= 15 is 0 Å². The van der Waals surface area contributed by atoms with Crippen LogP contribution < -0.4 is 10.4 Å². The Labute approximate surface area is 93.6 Å². The molecule has 0 saturated heterocycles. The van der Waals surface area contributed by atoms with Crippen LogP contribution in [0, 0.1) is 11.8 Å². The fourth-order valence-electron chi connectivity index (χ4n) is 1.91. The van der Waals surface area contributed by atoms with Crippen molar-refractivity contribution in [3.63, 3.8) is 0 Å². The van der Waals surface area contributed by atoms with Gasteiger partial charge < -0.3 is 4.74 Å². The summed E-state index contributed by atoms with van der Waals surface area (Å²) >= 11 is 5.16. The average Bonchev–Trinajstić information content (AvgIpc) is 2.28. The molecule has 0 aromatic heterocycles. The molecule has 0 bridgehead atoms. The van der Waals surface area contributed by atoms with E-state index in [9.17, 15) is 9.59 Å². The molecule has 0 aromatic rings. The third-order valence-corrected chi connectivity index (χ3v) is 2.90.